The Morgan fingerprint density at radius 3 is 2.42 bits per heavy atom. The fraction of sp³-hybridized carbons (Fsp3) is 0.182. The minimum absolute atomic E-state index is 0.0302. The maximum atomic E-state index is 12.0. The molecule has 0 radical (unpaired) electrons. The van der Waals surface area contributed by atoms with Crippen molar-refractivity contribution in [2.75, 3.05) is 13.1 Å². The number of aliphatic carboxylic acids is 1. The van der Waals surface area contributed by atoms with Crippen molar-refractivity contribution in [3.05, 3.63) is 28.8 Å². The van der Waals surface area contributed by atoms with Crippen molar-refractivity contribution in [1.29, 1.82) is 0 Å². The summed E-state index contributed by atoms with van der Waals surface area (Å²) in [4.78, 5) is 34.3. The molecule has 2 amide bonds. The monoisotopic (exact) mass is 286 g/mol. The van der Waals surface area contributed by atoms with Gasteiger partial charge in [-0.1, -0.05) is 11.6 Å². The quantitative estimate of drug-likeness (QED) is 0.706. The minimum Gasteiger partial charge on any atom is -0.508 e. The molecule has 1 rings (SSSR count). The van der Waals surface area contributed by atoms with Gasteiger partial charge in [0.05, 0.1) is 10.6 Å². The Hall–Kier alpha value is -2.28. The second kappa shape index (κ2) is 6.05. The molecule has 0 spiro atoms. The smallest absolute Gasteiger partial charge is 0.323 e. The zero-order chi connectivity index (χ0) is 14.6. The van der Waals surface area contributed by atoms with E-state index in [0.29, 0.717) is 0 Å². The summed E-state index contributed by atoms with van der Waals surface area (Å²) in [5.41, 5.74) is 4.84. The molecule has 1 aromatic rings. The molecule has 0 saturated carbocycles. The second-order valence-corrected chi connectivity index (χ2v) is 4.09. The van der Waals surface area contributed by atoms with Gasteiger partial charge in [0.25, 0.3) is 5.91 Å². The van der Waals surface area contributed by atoms with Gasteiger partial charge in [0.15, 0.2) is 0 Å². The number of benzene rings is 1. The standard InChI is InChI=1S/C11H11ClN2O5/c12-8-2-1-6(15)3-7(8)11(19)14(4-9(13)16)5-10(17)18/h1-3,15H,4-5H2,(H2,13,16)(H,17,18). The Balaban J connectivity index is 3.07. The van der Waals surface area contributed by atoms with E-state index in [-0.39, 0.29) is 16.3 Å². The Bertz CT molecular complexity index is 516. The number of aromatic hydroxyl groups is 1. The van der Waals surface area contributed by atoms with Crippen molar-refractivity contribution >= 4 is 29.4 Å². The Morgan fingerprint density at radius 1 is 1.26 bits per heavy atom. The van der Waals surface area contributed by atoms with Gasteiger partial charge in [-0.05, 0) is 18.2 Å². The Morgan fingerprint density at radius 2 is 1.89 bits per heavy atom. The van der Waals surface area contributed by atoms with Crippen LogP contribution in [0.3, 0.4) is 0 Å². The molecule has 19 heavy (non-hydrogen) atoms. The summed E-state index contributed by atoms with van der Waals surface area (Å²) < 4.78 is 0. The number of rotatable bonds is 5. The van der Waals surface area contributed by atoms with Crippen LogP contribution in [0.25, 0.3) is 0 Å². The van der Waals surface area contributed by atoms with Gasteiger partial charge in [-0.3, -0.25) is 14.4 Å². The van der Waals surface area contributed by atoms with Crippen molar-refractivity contribution in [2.45, 2.75) is 0 Å². The SMILES string of the molecule is NC(=O)CN(CC(=O)O)C(=O)c1cc(O)ccc1Cl. The average molecular weight is 287 g/mol. The van der Waals surface area contributed by atoms with E-state index in [4.69, 9.17) is 22.4 Å². The molecule has 4 N–H and O–H groups in total. The summed E-state index contributed by atoms with van der Waals surface area (Å²) in [5.74, 6) is -3.17. The molecule has 102 valence electrons. The summed E-state index contributed by atoms with van der Waals surface area (Å²) in [7, 11) is 0. The van der Waals surface area contributed by atoms with Crippen LogP contribution in [0.1, 0.15) is 10.4 Å². The molecular weight excluding hydrogens is 276 g/mol. The number of carboxylic acids is 1. The van der Waals surface area contributed by atoms with Crippen molar-refractivity contribution < 1.29 is 24.6 Å². The molecule has 0 aliphatic carbocycles. The van der Waals surface area contributed by atoms with Gasteiger partial charge in [0.1, 0.15) is 18.8 Å². The highest BCUT2D eigenvalue weighted by atomic mass is 35.5. The highest BCUT2D eigenvalue weighted by Gasteiger charge is 2.22. The fourth-order valence-corrected chi connectivity index (χ4v) is 1.60. The molecule has 0 aliphatic rings. The lowest BCUT2D eigenvalue weighted by Gasteiger charge is -2.19. The largest absolute Gasteiger partial charge is 0.508 e. The highest BCUT2D eigenvalue weighted by Crippen LogP contribution is 2.22. The van der Waals surface area contributed by atoms with Crippen LogP contribution < -0.4 is 5.73 Å². The van der Waals surface area contributed by atoms with E-state index in [1.165, 1.54) is 12.1 Å². The van der Waals surface area contributed by atoms with Gasteiger partial charge >= 0.3 is 5.97 Å². The van der Waals surface area contributed by atoms with Gasteiger partial charge in [-0.25, -0.2) is 0 Å². The molecule has 0 bridgehead atoms. The number of phenolic OH excluding ortho intramolecular Hbond substituents is 1. The van der Waals surface area contributed by atoms with Gasteiger partial charge < -0.3 is 20.8 Å². The molecule has 7 nitrogen and oxygen atoms in total. The van der Waals surface area contributed by atoms with Crippen LogP contribution in [-0.2, 0) is 9.59 Å². The van der Waals surface area contributed by atoms with E-state index in [2.05, 4.69) is 0 Å². The number of carboxylic acid groups (broad SMARTS) is 1. The molecule has 1 aromatic carbocycles. The zero-order valence-corrected chi connectivity index (χ0v) is 10.4. The molecule has 0 heterocycles. The topological polar surface area (TPSA) is 121 Å². The summed E-state index contributed by atoms with van der Waals surface area (Å²) in [5, 5.41) is 18.0. The van der Waals surface area contributed by atoms with E-state index in [9.17, 15) is 19.5 Å². The number of carbonyl (C=O) groups is 3. The first kappa shape index (κ1) is 14.8. The van der Waals surface area contributed by atoms with Crippen LogP contribution in [0, 0.1) is 0 Å². The number of amides is 2. The normalized spacial score (nSPS) is 9.95. The lowest BCUT2D eigenvalue weighted by Crippen LogP contribution is -2.41. The van der Waals surface area contributed by atoms with Crippen molar-refractivity contribution in [3.8, 4) is 5.75 Å². The van der Waals surface area contributed by atoms with Crippen LogP contribution in [0.5, 0.6) is 5.75 Å². The molecule has 0 atom stereocenters. The van der Waals surface area contributed by atoms with Crippen LogP contribution in [0.4, 0.5) is 0 Å². The number of hydrogen-bond acceptors (Lipinski definition) is 4. The molecule has 0 aliphatic heterocycles. The maximum Gasteiger partial charge on any atom is 0.323 e. The summed E-state index contributed by atoms with van der Waals surface area (Å²) in [6.45, 7) is -1.26. The molecule has 8 heteroatoms. The third kappa shape index (κ3) is 4.14. The van der Waals surface area contributed by atoms with Crippen LogP contribution in [0.15, 0.2) is 18.2 Å². The fourth-order valence-electron chi connectivity index (χ4n) is 1.40. The highest BCUT2D eigenvalue weighted by molar-refractivity contribution is 6.34. The first-order valence-electron chi connectivity index (χ1n) is 5.09. The van der Waals surface area contributed by atoms with Gasteiger partial charge in [0.2, 0.25) is 5.91 Å². The van der Waals surface area contributed by atoms with Crippen molar-refractivity contribution in [3.63, 3.8) is 0 Å². The van der Waals surface area contributed by atoms with Crippen molar-refractivity contribution in [1.82, 2.24) is 4.90 Å². The number of nitrogens with zero attached hydrogens (tertiary/aromatic N) is 1. The first-order valence-corrected chi connectivity index (χ1v) is 5.47. The predicted molar refractivity (Wildman–Crippen MR) is 65.9 cm³/mol. The van der Waals surface area contributed by atoms with E-state index in [1.54, 1.807) is 0 Å². The number of primary amides is 1. The number of nitrogens with two attached hydrogens (primary N) is 1. The molecule has 0 aromatic heterocycles. The van der Waals surface area contributed by atoms with E-state index >= 15 is 0 Å². The zero-order valence-electron chi connectivity index (χ0n) is 9.67. The van der Waals surface area contributed by atoms with Crippen molar-refractivity contribution in [2.24, 2.45) is 5.73 Å². The van der Waals surface area contributed by atoms with Crippen LogP contribution >= 0.6 is 11.6 Å². The predicted octanol–water partition coefficient (Wildman–Crippen LogP) is 0.0577. The number of hydrogen-bond donors (Lipinski definition) is 3. The van der Waals surface area contributed by atoms with E-state index in [1.807, 2.05) is 0 Å². The van der Waals surface area contributed by atoms with E-state index in [0.717, 1.165) is 11.0 Å². The summed E-state index contributed by atoms with van der Waals surface area (Å²) in [6, 6.07) is 3.64. The Kier molecular flexibility index (Phi) is 4.71. The first-order chi connectivity index (χ1) is 8.81. The van der Waals surface area contributed by atoms with E-state index < -0.39 is 30.9 Å². The molecule has 0 unspecified atom stereocenters. The second-order valence-electron chi connectivity index (χ2n) is 3.69. The average Bonchev–Trinajstić information content (AvgIpc) is 2.29. The molecular formula is C11H11ClN2O5. The van der Waals surface area contributed by atoms with Gasteiger partial charge in [-0.2, -0.15) is 0 Å². The Labute approximate surface area is 113 Å². The number of phenols is 1. The summed E-state index contributed by atoms with van der Waals surface area (Å²) in [6.07, 6.45) is 0. The number of halogens is 1. The lowest BCUT2D eigenvalue weighted by atomic mass is 10.2. The summed E-state index contributed by atoms with van der Waals surface area (Å²) >= 11 is 5.79. The van der Waals surface area contributed by atoms with Gasteiger partial charge in [0, 0.05) is 0 Å². The third-order valence-corrected chi connectivity index (χ3v) is 2.47. The lowest BCUT2D eigenvalue weighted by molar-refractivity contribution is -0.138. The molecule has 0 fully saturated rings. The number of carbonyl (C=O) groups excluding carboxylic acids is 2. The molecule has 0 saturated heterocycles. The van der Waals surface area contributed by atoms with Crippen LogP contribution in [0.2, 0.25) is 5.02 Å². The third-order valence-electron chi connectivity index (χ3n) is 2.14. The van der Waals surface area contributed by atoms with Gasteiger partial charge in [-0.15, -0.1) is 0 Å². The van der Waals surface area contributed by atoms with Crippen LogP contribution in [-0.4, -0.2) is 46.0 Å². The minimum atomic E-state index is -1.30. The maximum absolute atomic E-state index is 12.0.